The third kappa shape index (κ3) is 2.16. The van der Waals surface area contributed by atoms with Crippen molar-refractivity contribution in [3.05, 3.63) is 30.3 Å². The zero-order valence-corrected chi connectivity index (χ0v) is 14.7. The molecule has 2 heterocycles. The summed E-state index contributed by atoms with van der Waals surface area (Å²) in [7, 11) is 1.33. The van der Waals surface area contributed by atoms with Gasteiger partial charge in [0.05, 0.1) is 11.9 Å². The van der Waals surface area contributed by atoms with Gasteiger partial charge in [-0.05, 0) is 19.1 Å². The molecule has 8 heteroatoms. The van der Waals surface area contributed by atoms with Crippen molar-refractivity contribution in [1.29, 1.82) is 0 Å². The minimum Gasteiger partial charge on any atom is -0.484 e. The van der Waals surface area contributed by atoms with Gasteiger partial charge in [0.25, 0.3) is 5.91 Å². The molecule has 3 fully saturated rings. The molecule has 2 amide bonds. The zero-order valence-electron chi connectivity index (χ0n) is 13.9. The van der Waals surface area contributed by atoms with E-state index in [2.05, 4.69) is 5.32 Å². The smallest absolute Gasteiger partial charge is 0.333 e. The van der Waals surface area contributed by atoms with Gasteiger partial charge in [-0.1, -0.05) is 18.2 Å². The zero-order chi connectivity index (χ0) is 17.8. The minimum absolute atomic E-state index is 0.162. The number of carbonyl (C=O) groups is 3. The van der Waals surface area contributed by atoms with Crippen LogP contribution in [0, 0.1) is 0 Å². The fourth-order valence-electron chi connectivity index (χ4n) is 3.75. The molecule has 0 aromatic heterocycles. The summed E-state index contributed by atoms with van der Waals surface area (Å²) in [5, 5.41) is 2.48. The number of para-hydroxylation sites is 1. The summed E-state index contributed by atoms with van der Waals surface area (Å²) in [5.41, 5.74) is -0.865. The highest BCUT2D eigenvalue weighted by Gasteiger charge is 2.85. The van der Waals surface area contributed by atoms with Crippen molar-refractivity contribution in [1.82, 2.24) is 10.2 Å². The molecule has 1 aromatic rings. The summed E-state index contributed by atoms with van der Waals surface area (Å²) in [4.78, 5) is 38.3. The van der Waals surface area contributed by atoms with Crippen LogP contribution in [-0.4, -0.2) is 58.1 Å². The van der Waals surface area contributed by atoms with E-state index >= 15 is 0 Å². The van der Waals surface area contributed by atoms with Crippen LogP contribution in [0.25, 0.3) is 0 Å². The first-order valence-electron chi connectivity index (χ1n) is 7.99. The highest BCUT2D eigenvalue weighted by molar-refractivity contribution is 8.02. The van der Waals surface area contributed by atoms with Crippen molar-refractivity contribution in [3.8, 4) is 5.75 Å². The Bertz CT molecular complexity index is 757. The second-order valence-electron chi connectivity index (χ2n) is 6.62. The van der Waals surface area contributed by atoms with E-state index in [4.69, 9.17) is 9.47 Å². The second kappa shape index (κ2) is 5.39. The first kappa shape index (κ1) is 16.3. The normalized spacial score (nSPS) is 34.5. The minimum atomic E-state index is -0.865. The van der Waals surface area contributed by atoms with Gasteiger partial charge in [0.2, 0.25) is 5.91 Å². The number of methoxy groups -OCH3 is 1. The van der Waals surface area contributed by atoms with E-state index < -0.39 is 11.6 Å². The monoisotopic (exact) mass is 362 g/mol. The highest BCUT2D eigenvalue weighted by Crippen LogP contribution is 2.72. The van der Waals surface area contributed by atoms with Gasteiger partial charge in [-0.15, -0.1) is 11.8 Å². The van der Waals surface area contributed by atoms with Crippen LogP contribution in [0.1, 0.15) is 13.3 Å². The van der Waals surface area contributed by atoms with E-state index in [9.17, 15) is 14.4 Å². The van der Waals surface area contributed by atoms with Crippen LogP contribution in [-0.2, 0) is 19.1 Å². The SMILES string of the molecule is COC(=O)C12CC1(C)S[C@@H]1C(NC(=O)COc3ccccc3)C(=O)N12. The first-order valence-corrected chi connectivity index (χ1v) is 8.87. The summed E-state index contributed by atoms with van der Waals surface area (Å²) in [6, 6.07) is 8.37. The molecule has 4 atom stereocenters. The van der Waals surface area contributed by atoms with Crippen LogP contribution < -0.4 is 10.1 Å². The number of amides is 2. The molecule has 3 unspecified atom stereocenters. The fourth-order valence-corrected chi connectivity index (χ4v) is 5.66. The number of benzene rings is 1. The molecular weight excluding hydrogens is 344 g/mol. The Morgan fingerprint density at radius 2 is 2.08 bits per heavy atom. The molecule has 0 bridgehead atoms. The van der Waals surface area contributed by atoms with Crippen molar-refractivity contribution in [2.75, 3.05) is 13.7 Å². The fraction of sp³-hybridized carbons (Fsp3) is 0.471. The standard InChI is InChI=1S/C17H18N2O5S/c1-16-9-17(16,15(22)23-2)19-13(21)12(14(19)25-16)18-11(20)8-24-10-6-4-3-5-7-10/h3-7,12,14H,8-9H2,1-2H3,(H,18,20)/t12?,14-,16?,17?/m1/s1. The van der Waals surface area contributed by atoms with Crippen LogP contribution in [0.4, 0.5) is 0 Å². The lowest BCUT2D eigenvalue weighted by Gasteiger charge is -2.46. The molecule has 3 aliphatic rings. The lowest BCUT2D eigenvalue weighted by Crippen LogP contribution is -2.72. The topological polar surface area (TPSA) is 84.9 Å². The van der Waals surface area contributed by atoms with Crippen LogP contribution in [0.5, 0.6) is 5.75 Å². The Morgan fingerprint density at radius 1 is 1.36 bits per heavy atom. The second-order valence-corrected chi connectivity index (χ2v) is 8.24. The lowest BCUT2D eigenvalue weighted by atomic mass is 10.0. The molecule has 25 heavy (non-hydrogen) atoms. The van der Waals surface area contributed by atoms with Crippen molar-refractivity contribution < 1.29 is 23.9 Å². The van der Waals surface area contributed by atoms with Gasteiger partial charge in [0.15, 0.2) is 12.1 Å². The average Bonchev–Trinajstić information content (AvgIpc) is 3.15. The van der Waals surface area contributed by atoms with Gasteiger partial charge < -0.3 is 19.7 Å². The third-order valence-electron chi connectivity index (χ3n) is 5.13. The quantitative estimate of drug-likeness (QED) is 0.608. The molecule has 1 aromatic carbocycles. The van der Waals surface area contributed by atoms with Gasteiger partial charge in [0, 0.05) is 6.42 Å². The Kier molecular flexibility index (Phi) is 3.50. The van der Waals surface area contributed by atoms with E-state index in [-0.39, 0.29) is 34.5 Å². The summed E-state index contributed by atoms with van der Waals surface area (Å²) in [6.45, 7) is 1.79. The lowest BCUT2D eigenvalue weighted by molar-refractivity contribution is -0.165. The maximum absolute atomic E-state index is 12.5. The number of β-lactam (4-membered cyclic amide) rings is 1. The van der Waals surface area contributed by atoms with Crippen molar-refractivity contribution in [2.45, 2.75) is 35.0 Å². The summed E-state index contributed by atoms with van der Waals surface area (Å²) < 4.78 is 9.95. The van der Waals surface area contributed by atoms with Crippen molar-refractivity contribution in [3.63, 3.8) is 0 Å². The number of carbonyl (C=O) groups excluding carboxylic acids is 3. The van der Waals surface area contributed by atoms with E-state index in [0.29, 0.717) is 12.2 Å². The Hall–Kier alpha value is -2.22. The molecule has 4 rings (SSSR count). The van der Waals surface area contributed by atoms with Gasteiger partial charge in [-0.3, -0.25) is 9.59 Å². The Balaban J connectivity index is 1.38. The molecule has 1 N–H and O–H groups in total. The number of nitrogens with zero attached hydrogens (tertiary/aromatic N) is 1. The molecule has 132 valence electrons. The van der Waals surface area contributed by atoms with E-state index in [1.165, 1.54) is 7.11 Å². The van der Waals surface area contributed by atoms with Crippen LogP contribution in [0.2, 0.25) is 0 Å². The average molecular weight is 362 g/mol. The summed E-state index contributed by atoms with van der Waals surface area (Å²) in [5.74, 6) is -0.388. The van der Waals surface area contributed by atoms with Gasteiger partial charge in [0.1, 0.15) is 17.2 Å². The first-order chi connectivity index (χ1) is 11.9. The predicted molar refractivity (Wildman–Crippen MR) is 89.9 cm³/mol. The highest BCUT2D eigenvalue weighted by atomic mass is 32.2. The molecule has 0 radical (unpaired) electrons. The molecular formula is C17H18N2O5S. The number of ether oxygens (including phenoxy) is 2. The largest absolute Gasteiger partial charge is 0.484 e. The number of rotatable bonds is 5. The Morgan fingerprint density at radius 3 is 2.76 bits per heavy atom. The number of nitrogens with one attached hydrogen (secondary N) is 1. The molecule has 1 saturated carbocycles. The van der Waals surface area contributed by atoms with Crippen molar-refractivity contribution >= 4 is 29.5 Å². The predicted octanol–water partition coefficient (Wildman–Crippen LogP) is 0.539. The van der Waals surface area contributed by atoms with E-state index in [1.54, 1.807) is 28.8 Å². The molecule has 0 spiro atoms. The number of fused-ring (bicyclic) bond motifs is 3. The van der Waals surface area contributed by atoms with Gasteiger partial charge in [-0.25, -0.2) is 4.79 Å². The summed E-state index contributed by atoms with van der Waals surface area (Å²) in [6.07, 6.45) is 0.595. The maximum atomic E-state index is 12.5. The molecule has 2 saturated heterocycles. The van der Waals surface area contributed by atoms with Crippen LogP contribution in [0.15, 0.2) is 30.3 Å². The summed E-state index contributed by atoms with van der Waals surface area (Å²) >= 11 is 1.55. The Labute approximate surface area is 149 Å². The number of hydrogen-bond donors (Lipinski definition) is 1. The van der Waals surface area contributed by atoms with Crippen molar-refractivity contribution in [2.24, 2.45) is 0 Å². The maximum Gasteiger partial charge on any atom is 0.333 e. The molecule has 1 aliphatic carbocycles. The van der Waals surface area contributed by atoms with E-state index in [0.717, 1.165) is 0 Å². The third-order valence-corrected chi connectivity index (χ3v) is 6.86. The molecule has 7 nitrogen and oxygen atoms in total. The van der Waals surface area contributed by atoms with Gasteiger partial charge >= 0.3 is 5.97 Å². The number of esters is 1. The number of hydrogen-bond acceptors (Lipinski definition) is 6. The van der Waals surface area contributed by atoms with Crippen LogP contribution >= 0.6 is 11.8 Å². The van der Waals surface area contributed by atoms with Crippen LogP contribution in [0.3, 0.4) is 0 Å². The van der Waals surface area contributed by atoms with Gasteiger partial charge in [-0.2, -0.15) is 0 Å². The number of thioether (sulfide) groups is 1. The van der Waals surface area contributed by atoms with E-state index in [1.807, 2.05) is 25.1 Å². The molecule has 2 aliphatic heterocycles.